The number of benzene rings is 2. The molecular weight excluding hydrogens is 544 g/mol. The number of aromatic nitrogens is 5. The number of fused-ring (bicyclic) bond motifs is 4. The van der Waals surface area contributed by atoms with Gasteiger partial charge in [-0.25, -0.2) is 0 Å². The van der Waals surface area contributed by atoms with Crippen LogP contribution in [0.3, 0.4) is 0 Å². The van der Waals surface area contributed by atoms with E-state index in [2.05, 4.69) is 85.4 Å². The van der Waals surface area contributed by atoms with Crippen molar-refractivity contribution >= 4 is 11.6 Å². The van der Waals surface area contributed by atoms with Crippen LogP contribution in [0.5, 0.6) is 0 Å². The van der Waals surface area contributed by atoms with Gasteiger partial charge >= 0.3 is 58.2 Å². The summed E-state index contributed by atoms with van der Waals surface area (Å²) in [6.07, 6.45) is 13.4. The van der Waals surface area contributed by atoms with Gasteiger partial charge in [-0.2, -0.15) is 0 Å². The maximum Gasteiger partial charge on any atom is 1.00 e. The van der Waals surface area contributed by atoms with Gasteiger partial charge < -0.3 is 15.2 Å². The first-order valence-electron chi connectivity index (χ1n) is 13.7. The van der Waals surface area contributed by atoms with Gasteiger partial charge in [0.1, 0.15) is 0 Å². The molecule has 1 unspecified atom stereocenters. The number of nitrogens with zero attached hydrogens (tertiary/aromatic N) is 6. The van der Waals surface area contributed by atoms with Crippen LogP contribution in [0.2, 0.25) is 0 Å². The third-order valence-electron chi connectivity index (χ3n) is 8.36. The SMILES string of the molecule is [Rb+].[c-]1nc(Nc2ccc3c(c2)CCC(N2CCCC2)CC3)n(-c2cc3c(nn2)-c2ccccc2CCC3)n1. The molecule has 1 atom stereocenters. The number of nitrogens with one attached hydrogen (secondary N) is 1. The van der Waals surface area contributed by atoms with Gasteiger partial charge in [-0.1, -0.05) is 30.3 Å². The van der Waals surface area contributed by atoms with Crippen LogP contribution in [0, 0.1) is 6.33 Å². The predicted molar refractivity (Wildman–Crippen MR) is 144 cm³/mol. The first-order chi connectivity index (χ1) is 18.3. The first kappa shape index (κ1) is 26.4. The number of likely N-dealkylation sites (tertiary alicyclic amines) is 1. The van der Waals surface area contributed by atoms with Crippen molar-refractivity contribution < 1.29 is 58.2 Å². The molecule has 8 heteroatoms. The van der Waals surface area contributed by atoms with Gasteiger partial charge in [-0.15, -0.1) is 10.2 Å². The Morgan fingerprint density at radius 2 is 1.61 bits per heavy atom. The van der Waals surface area contributed by atoms with Crippen LogP contribution in [0.4, 0.5) is 11.6 Å². The minimum Gasteiger partial charge on any atom is -0.403 e. The molecule has 7 nitrogen and oxygen atoms in total. The van der Waals surface area contributed by atoms with E-state index in [1.54, 1.807) is 4.68 Å². The molecule has 0 spiro atoms. The number of anilines is 2. The number of hydrogen-bond donors (Lipinski definition) is 1. The largest absolute Gasteiger partial charge is 1.00 e. The molecule has 0 radical (unpaired) electrons. The summed E-state index contributed by atoms with van der Waals surface area (Å²) in [5.41, 5.74) is 8.67. The second kappa shape index (κ2) is 11.8. The van der Waals surface area contributed by atoms with Crippen LogP contribution in [-0.2, 0) is 25.7 Å². The molecular formula is C30H32N7Rb. The molecule has 188 valence electrons. The molecule has 2 aliphatic carbocycles. The average Bonchev–Trinajstić information content (AvgIpc) is 3.54. The van der Waals surface area contributed by atoms with Crippen molar-refractivity contribution in [1.82, 2.24) is 29.9 Å². The van der Waals surface area contributed by atoms with Crippen LogP contribution in [0.15, 0.2) is 48.5 Å². The molecule has 1 aliphatic heterocycles. The van der Waals surface area contributed by atoms with Crippen LogP contribution < -0.4 is 63.5 Å². The average molecular weight is 576 g/mol. The number of rotatable bonds is 4. The van der Waals surface area contributed by atoms with Crippen molar-refractivity contribution in [3.8, 4) is 17.1 Å². The second-order valence-corrected chi connectivity index (χ2v) is 10.6. The minimum absolute atomic E-state index is 0. The molecule has 1 saturated heterocycles. The van der Waals surface area contributed by atoms with Crippen LogP contribution in [0.1, 0.15) is 54.4 Å². The van der Waals surface area contributed by atoms with Crippen molar-refractivity contribution in [2.45, 2.75) is 63.8 Å². The molecule has 2 aromatic heterocycles. The molecule has 1 fully saturated rings. The van der Waals surface area contributed by atoms with Gasteiger partial charge in [0.2, 0.25) is 0 Å². The van der Waals surface area contributed by atoms with Crippen molar-refractivity contribution in [3.63, 3.8) is 0 Å². The monoisotopic (exact) mass is 575 g/mol. The Balaban J connectivity index is 0.00000264. The molecule has 0 saturated carbocycles. The molecule has 38 heavy (non-hydrogen) atoms. The van der Waals surface area contributed by atoms with Crippen molar-refractivity contribution in [2.24, 2.45) is 0 Å². The van der Waals surface area contributed by atoms with Gasteiger partial charge in [-0.05, 0) is 118 Å². The number of hydrogen-bond acceptors (Lipinski definition) is 6. The predicted octanol–water partition coefficient (Wildman–Crippen LogP) is 2.10. The van der Waals surface area contributed by atoms with E-state index in [1.807, 2.05) is 0 Å². The molecule has 3 aliphatic rings. The Hall–Kier alpha value is -1.77. The zero-order chi connectivity index (χ0) is 24.6. The Kier molecular flexibility index (Phi) is 8.19. The summed E-state index contributed by atoms with van der Waals surface area (Å²) in [4.78, 5) is 7.10. The minimum atomic E-state index is 0. The first-order valence-corrected chi connectivity index (χ1v) is 13.7. The molecule has 1 N–H and O–H groups in total. The number of aryl methyl sites for hydroxylation is 4. The second-order valence-electron chi connectivity index (χ2n) is 10.6. The molecule has 4 aromatic rings. The summed E-state index contributed by atoms with van der Waals surface area (Å²) in [6, 6.07) is 18.1. The third-order valence-corrected chi connectivity index (χ3v) is 8.36. The zero-order valence-corrected chi connectivity index (χ0v) is 27.1. The van der Waals surface area contributed by atoms with Gasteiger partial charge in [0, 0.05) is 17.3 Å². The molecule has 2 aromatic carbocycles. The van der Waals surface area contributed by atoms with Crippen molar-refractivity contribution in [3.05, 3.63) is 77.1 Å². The summed E-state index contributed by atoms with van der Waals surface area (Å²) >= 11 is 0. The summed E-state index contributed by atoms with van der Waals surface area (Å²) < 4.78 is 1.71. The summed E-state index contributed by atoms with van der Waals surface area (Å²) in [7, 11) is 0. The van der Waals surface area contributed by atoms with Gasteiger partial charge in [0.15, 0.2) is 5.82 Å². The maximum atomic E-state index is 4.65. The van der Waals surface area contributed by atoms with E-state index in [0.29, 0.717) is 11.8 Å². The van der Waals surface area contributed by atoms with E-state index in [1.165, 1.54) is 66.6 Å². The Bertz CT molecular complexity index is 1430. The Labute approximate surface area is 273 Å². The van der Waals surface area contributed by atoms with Gasteiger partial charge in [0.05, 0.1) is 11.6 Å². The van der Waals surface area contributed by atoms with Crippen molar-refractivity contribution in [2.75, 3.05) is 18.4 Å². The van der Waals surface area contributed by atoms with Gasteiger partial charge in [0.25, 0.3) is 0 Å². The standard InChI is InChI=1S/C30H32N7.Rb/c1-2-9-27-22(6-1)7-5-8-24-19-28(34-35-29(24)27)37-30(31-20-32-37)33-25-13-10-21-11-14-26(15-12-23(21)18-25)36-16-3-4-17-36;/h1-2,6,9-10,13,18-19,26H,3-5,7-8,11-12,14-17H2,(H,31,32,33);/q-1;+1. The quantitative estimate of drug-likeness (QED) is 0.297. The van der Waals surface area contributed by atoms with E-state index < -0.39 is 0 Å². The summed E-state index contributed by atoms with van der Waals surface area (Å²) in [5, 5.41) is 17.0. The molecule has 0 bridgehead atoms. The fraction of sp³-hybridized carbons (Fsp3) is 0.400. The molecule has 0 amide bonds. The fourth-order valence-electron chi connectivity index (χ4n) is 6.40. The van der Waals surface area contributed by atoms with E-state index in [4.69, 9.17) is 0 Å². The zero-order valence-electron chi connectivity index (χ0n) is 22.2. The smallest absolute Gasteiger partial charge is 0.403 e. The van der Waals surface area contributed by atoms with Crippen LogP contribution in [-0.4, -0.2) is 49.0 Å². The Morgan fingerprint density at radius 1 is 0.789 bits per heavy atom. The maximum absolute atomic E-state index is 4.65. The van der Waals surface area contributed by atoms with E-state index in [9.17, 15) is 0 Å². The van der Waals surface area contributed by atoms with E-state index in [0.717, 1.165) is 49.5 Å². The van der Waals surface area contributed by atoms with Gasteiger partial charge in [-0.3, -0.25) is 9.78 Å². The normalized spacial score (nSPS) is 18.9. The molecule has 7 rings (SSSR count). The summed E-state index contributed by atoms with van der Waals surface area (Å²) in [6.45, 7) is 2.55. The summed E-state index contributed by atoms with van der Waals surface area (Å²) in [5.74, 6) is 1.27. The van der Waals surface area contributed by atoms with E-state index >= 15 is 0 Å². The topological polar surface area (TPSA) is 71.8 Å². The van der Waals surface area contributed by atoms with Crippen LogP contribution >= 0.6 is 0 Å². The van der Waals surface area contributed by atoms with Crippen LogP contribution in [0.25, 0.3) is 17.1 Å². The third kappa shape index (κ3) is 5.33. The Morgan fingerprint density at radius 3 is 2.50 bits per heavy atom. The van der Waals surface area contributed by atoms with E-state index in [-0.39, 0.29) is 58.2 Å². The fourth-order valence-corrected chi connectivity index (χ4v) is 6.40. The molecule has 3 heterocycles. The van der Waals surface area contributed by atoms with Crippen molar-refractivity contribution in [1.29, 1.82) is 0 Å².